The fourth-order valence-corrected chi connectivity index (χ4v) is 2.14. The molecule has 0 bridgehead atoms. The Hall–Kier alpha value is -1.84. The molecule has 0 spiro atoms. The minimum Gasteiger partial charge on any atom is -0.481 e. The molecule has 104 valence electrons. The van der Waals surface area contributed by atoms with Gasteiger partial charge in [0.2, 0.25) is 0 Å². The van der Waals surface area contributed by atoms with Gasteiger partial charge in [-0.2, -0.15) is 0 Å². The van der Waals surface area contributed by atoms with Crippen molar-refractivity contribution in [3.63, 3.8) is 0 Å². The molecule has 0 aliphatic rings. The molecular weight excluding hydrogens is 244 g/mol. The monoisotopic (exact) mass is 264 g/mol. The van der Waals surface area contributed by atoms with Crippen molar-refractivity contribution < 1.29 is 19.4 Å². The van der Waals surface area contributed by atoms with E-state index in [9.17, 15) is 14.7 Å². The van der Waals surface area contributed by atoms with Crippen LogP contribution in [-0.2, 0) is 14.3 Å². The first-order valence-corrected chi connectivity index (χ1v) is 6.40. The van der Waals surface area contributed by atoms with E-state index in [4.69, 9.17) is 4.74 Å². The Morgan fingerprint density at radius 1 is 1.21 bits per heavy atom. The molecule has 1 aromatic carbocycles. The van der Waals surface area contributed by atoms with Gasteiger partial charge in [-0.25, -0.2) is 0 Å². The van der Waals surface area contributed by atoms with Gasteiger partial charge < -0.3 is 9.84 Å². The lowest BCUT2D eigenvalue weighted by molar-refractivity contribution is -0.144. The normalized spacial score (nSPS) is 11.9. The summed E-state index contributed by atoms with van der Waals surface area (Å²) in [6.07, 6.45) is 0.384. The van der Waals surface area contributed by atoms with Gasteiger partial charge in [-0.05, 0) is 32.8 Å². The lowest BCUT2D eigenvalue weighted by Crippen LogP contribution is -2.15. The number of carbonyl (C=O) groups excluding carboxylic acids is 1. The lowest BCUT2D eigenvalue weighted by Gasteiger charge is -2.14. The number of carboxylic acids is 1. The van der Waals surface area contributed by atoms with E-state index in [0.29, 0.717) is 6.61 Å². The molecule has 0 saturated heterocycles. The van der Waals surface area contributed by atoms with E-state index in [0.717, 1.165) is 16.7 Å². The first kappa shape index (κ1) is 15.2. The summed E-state index contributed by atoms with van der Waals surface area (Å²) in [4.78, 5) is 22.7. The minimum absolute atomic E-state index is 0.123. The molecule has 4 heteroatoms. The third-order valence-corrected chi connectivity index (χ3v) is 2.89. The molecule has 0 saturated carbocycles. The second-order valence-corrected chi connectivity index (χ2v) is 4.66. The van der Waals surface area contributed by atoms with E-state index >= 15 is 0 Å². The van der Waals surface area contributed by atoms with Gasteiger partial charge in [0.05, 0.1) is 12.5 Å². The van der Waals surface area contributed by atoms with Crippen LogP contribution in [0.4, 0.5) is 0 Å². The minimum atomic E-state index is -0.908. The lowest BCUT2D eigenvalue weighted by atomic mass is 9.92. The zero-order valence-corrected chi connectivity index (χ0v) is 11.6. The summed E-state index contributed by atoms with van der Waals surface area (Å²) >= 11 is 0. The SMILES string of the molecule is CCOC(=O)CCC(C(=O)O)c1cc(C)cc(C)c1. The molecule has 0 aliphatic heterocycles. The van der Waals surface area contributed by atoms with Crippen molar-refractivity contribution in [1.29, 1.82) is 0 Å². The fourth-order valence-electron chi connectivity index (χ4n) is 2.14. The standard InChI is InChI=1S/C15H20O4/c1-4-19-14(16)6-5-13(15(17)18)12-8-10(2)7-11(3)9-12/h7-9,13H,4-6H2,1-3H3,(H,17,18). The first-order chi connectivity index (χ1) is 8.93. The number of hydrogen-bond donors (Lipinski definition) is 1. The van der Waals surface area contributed by atoms with Crippen LogP contribution in [-0.4, -0.2) is 23.7 Å². The van der Waals surface area contributed by atoms with Gasteiger partial charge in [-0.1, -0.05) is 29.3 Å². The van der Waals surface area contributed by atoms with E-state index in [1.54, 1.807) is 6.92 Å². The number of aliphatic carboxylic acids is 1. The molecule has 0 fully saturated rings. The van der Waals surface area contributed by atoms with Crippen molar-refractivity contribution in [2.24, 2.45) is 0 Å². The molecule has 0 heterocycles. The second-order valence-electron chi connectivity index (χ2n) is 4.66. The third kappa shape index (κ3) is 4.73. The Labute approximate surface area is 113 Å². The molecule has 1 rings (SSSR count). The largest absolute Gasteiger partial charge is 0.481 e. The Balaban J connectivity index is 2.82. The predicted molar refractivity (Wildman–Crippen MR) is 72.2 cm³/mol. The molecule has 0 aliphatic carbocycles. The van der Waals surface area contributed by atoms with E-state index in [-0.39, 0.29) is 18.8 Å². The van der Waals surface area contributed by atoms with Gasteiger partial charge in [0.15, 0.2) is 0 Å². The van der Waals surface area contributed by atoms with Crippen LogP contribution in [0.5, 0.6) is 0 Å². The van der Waals surface area contributed by atoms with Crippen molar-refractivity contribution in [2.75, 3.05) is 6.61 Å². The van der Waals surface area contributed by atoms with E-state index in [2.05, 4.69) is 0 Å². The van der Waals surface area contributed by atoms with Gasteiger partial charge in [-0.15, -0.1) is 0 Å². The highest BCUT2D eigenvalue weighted by molar-refractivity contribution is 5.77. The quantitative estimate of drug-likeness (QED) is 0.802. The van der Waals surface area contributed by atoms with Crippen molar-refractivity contribution in [3.8, 4) is 0 Å². The Morgan fingerprint density at radius 2 is 1.79 bits per heavy atom. The van der Waals surface area contributed by atoms with Crippen LogP contribution in [0.2, 0.25) is 0 Å². The van der Waals surface area contributed by atoms with Gasteiger partial charge in [0.1, 0.15) is 0 Å². The summed E-state index contributed by atoms with van der Waals surface area (Å²) in [6.45, 7) is 5.91. The molecule has 1 atom stereocenters. The van der Waals surface area contributed by atoms with Crippen LogP contribution in [0.15, 0.2) is 18.2 Å². The molecule has 0 aromatic heterocycles. The number of benzene rings is 1. The number of carbonyl (C=O) groups is 2. The maximum Gasteiger partial charge on any atom is 0.310 e. The van der Waals surface area contributed by atoms with E-state index in [1.165, 1.54) is 0 Å². The Bertz CT molecular complexity index is 445. The van der Waals surface area contributed by atoms with Crippen LogP contribution in [0.25, 0.3) is 0 Å². The zero-order valence-electron chi connectivity index (χ0n) is 11.6. The first-order valence-electron chi connectivity index (χ1n) is 6.40. The van der Waals surface area contributed by atoms with Crippen molar-refractivity contribution in [1.82, 2.24) is 0 Å². The molecule has 1 aromatic rings. The smallest absolute Gasteiger partial charge is 0.310 e. The average molecular weight is 264 g/mol. The highest BCUT2D eigenvalue weighted by Crippen LogP contribution is 2.24. The molecule has 19 heavy (non-hydrogen) atoms. The maximum atomic E-state index is 11.3. The Morgan fingerprint density at radius 3 is 2.26 bits per heavy atom. The summed E-state index contributed by atoms with van der Waals surface area (Å²) in [7, 11) is 0. The third-order valence-electron chi connectivity index (χ3n) is 2.89. The van der Waals surface area contributed by atoms with Gasteiger partial charge >= 0.3 is 11.9 Å². The van der Waals surface area contributed by atoms with Crippen molar-refractivity contribution >= 4 is 11.9 Å². The van der Waals surface area contributed by atoms with Gasteiger partial charge in [0.25, 0.3) is 0 Å². The summed E-state index contributed by atoms with van der Waals surface area (Å²) in [5.74, 6) is -1.92. The zero-order chi connectivity index (χ0) is 14.4. The molecular formula is C15H20O4. The average Bonchev–Trinajstić information content (AvgIpc) is 2.27. The summed E-state index contributed by atoms with van der Waals surface area (Å²) in [6, 6.07) is 5.71. The number of carboxylic acid groups (broad SMARTS) is 1. The summed E-state index contributed by atoms with van der Waals surface area (Å²) in [5, 5.41) is 9.30. The van der Waals surface area contributed by atoms with Gasteiger partial charge in [0, 0.05) is 6.42 Å². The predicted octanol–water partition coefficient (Wildman–Crippen LogP) is 2.81. The van der Waals surface area contributed by atoms with Crippen LogP contribution >= 0.6 is 0 Å². The van der Waals surface area contributed by atoms with E-state index in [1.807, 2.05) is 32.0 Å². The molecule has 1 N–H and O–H groups in total. The van der Waals surface area contributed by atoms with Gasteiger partial charge in [-0.3, -0.25) is 9.59 Å². The van der Waals surface area contributed by atoms with Crippen LogP contribution in [0, 0.1) is 13.8 Å². The van der Waals surface area contributed by atoms with Crippen LogP contribution in [0.3, 0.4) is 0 Å². The number of esters is 1. The second kappa shape index (κ2) is 6.92. The molecule has 4 nitrogen and oxygen atoms in total. The summed E-state index contributed by atoms with van der Waals surface area (Å²) < 4.78 is 4.82. The topological polar surface area (TPSA) is 63.6 Å². The fraction of sp³-hybridized carbons (Fsp3) is 0.467. The van der Waals surface area contributed by atoms with Crippen molar-refractivity contribution in [2.45, 2.75) is 39.5 Å². The number of rotatable bonds is 6. The highest BCUT2D eigenvalue weighted by atomic mass is 16.5. The molecule has 0 radical (unpaired) electrons. The Kier molecular flexibility index (Phi) is 5.55. The van der Waals surface area contributed by atoms with Crippen molar-refractivity contribution in [3.05, 3.63) is 34.9 Å². The number of ether oxygens (including phenoxy) is 1. The maximum absolute atomic E-state index is 11.3. The van der Waals surface area contributed by atoms with Crippen LogP contribution in [0.1, 0.15) is 42.4 Å². The van der Waals surface area contributed by atoms with E-state index < -0.39 is 11.9 Å². The molecule has 0 amide bonds. The molecule has 1 unspecified atom stereocenters. The number of aryl methyl sites for hydroxylation is 2. The highest BCUT2D eigenvalue weighted by Gasteiger charge is 2.21. The number of hydrogen-bond acceptors (Lipinski definition) is 3. The van der Waals surface area contributed by atoms with Crippen LogP contribution < -0.4 is 0 Å². The summed E-state index contributed by atoms with van der Waals surface area (Å²) in [5.41, 5.74) is 2.80.